The van der Waals surface area contributed by atoms with E-state index in [-0.39, 0.29) is 18.0 Å². The number of rotatable bonds is 3. The first-order valence-electron chi connectivity index (χ1n) is 8.81. The molecule has 1 atom stereocenters. The molecule has 0 spiro atoms. The van der Waals surface area contributed by atoms with Gasteiger partial charge in [0.05, 0.1) is 36.5 Å². The number of carbonyl (C=O) groups excluding carboxylic acids is 2. The number of hydrogen-bond donors (Lipinski definition) is 0. The summed E-state index contributed by atoms with van der Waals surface area (Å²) in [6.45, 7) is 3.42. The number of methoxy groups -OCH3 is 1. The van der Waals surface area contributed by atoms with E-state index in [0.29, 0.717) is 28.2 Å². The lowest BCUT2D eigenvalue weighted by Gasteiger charge is -2.28. The Kier molecular flexibility index (Phi) is 4.02. The highest BCUT2D eigenvalue weighted by Gasteiger charge is 2.41. The zero-order valence-corrected chi connectivity index (χ0v) is 15.4. The molecule has 2 aliphatic heterocycles. The molecule has 4 rings (SSSR count). The molecule has 2 aromatic carbocycles. The second-order valence-electron chi connectivity index (χ2n) is 7.15. The van der Waals surface area contributed by atoms with Gasteiger partial charge in [-0.2, -0.15) is 0 Å². The quantitative estimate of drug-likeness (QED) is 0.820. The Hall–Kier alpha value is -3.08. The van der Waals surface area contributed by atoms with Gasteiger partial charge in [0.1, 0.15) is 17.6 Å². The molecule has 0 N–H and O–H groups in total. The maximum absolute atomic E-state index is 12.8. The van der Waals surface area contributed by atoms with Gasteiger partial charge in [-0.05, 0) is 31.5 Å². The second kappa shape index (κ2) is 6.27. The Balaban J connectivity index is 1.85. The molecule has 0 saturated heterocycles. The van der Waals surface area contributed by atoms with Crippen molar-refractivity contribution < 1.29 is 23.8 Å². The zero-order valence-electron chi connectivity index (χ0n) is 15.4. The predicted octanol–water partition coefficient (Wildman–Crippen LogP) is 4.12. The first-order chi connectivity index (χ1) is 12.9. The summed E-state index contributed by atoms with van der Waals surface area (Å²) in [5.41, 5.74) is 1.24. The van der Waals surface area contributed by atoms with Gasteiger partial charge in [-0.25, -0.2) is 0 Å². The van der Waals surface area contributed by atoms with E-state index in [1.54, 1.807) is 26.0 Å². The number of ketones is 2. The maximum Gasteiger partial charge on any atom is 0.209 e. The van der Waals surface area contributed by atoms with Crippen molar-refractivity contribution in [2.24, 2.45) is 0 Å². The van der Waals surface area contributed by atoms with Gasteiger partial charge in [-0.15, -0.1) is 0 Å². The minimum Gasteiger partial charge on any atom is -0.496 e. The molecule has 27 heavy (non-hydrogen) atoms. The van der Waals surface area contributed by atoms with Crippen LogP contribution in [0.5, 0.6) is 11.5 Å². The fraction of sp³-hybridized carbons (Fsp3) is 0.273. The Morgan fingerprint density at radius 1 is 1.07 bits per heavy atom. The van der Waals surface area contributed by atoms with Crippen molar-refractivity contribution in [2.45, 2.75) is 32.0 Å². The first-order valence-corrected chi connectivity index (χ1v) is 8.81. The Morgan fingerprint density at radius 3 is 2.44 bits per heavy atom. The molecule has 5 nitrogen and oxygen atoms in total. The van der Waals surface area contributed by atoms with Crippen LogP contribution in [-0.4, -0.2) is 24.3 Å². The van der Waals surface area contributed by atoms with Crippen LogP contribution >= 0.6 is 0 Å². The van der Waals surface area contributed by atoms with E-state index in [1.807, 2.05) is 30.3 Å². The van der Waals surface area contributed by atoms with Gasteiger partial charge < -0.3 is 14.2 Å². The molecule has 0 saturated carbocycles. The lowest BCUT2D eigenvalue weighted by Crippen LogP contribution is -2.29. The molecule has 5 heteroatoms. The predicted molar refractivity (Wildman–Crippen MR) is 99.9 cm³/mol. The number of benzene rings is 2. The van der Waals surface area contributed by atoms with Gasteiger partial charge in [-0.3, -0.25) is 9.59 Å². The third-order valence-electron chi connectivity index (χ3n) is 4.97. The second-order valence-corrected chi connectivity index (χ2v) is 7.15. The van der Waals surface area contributed by atoms with Crippen molar-refractivity contribution >= 4 is 17.1 Å². The van der Waals surface area contributed by atoms with E-state index in [1.165, 1.54) is 13.4 Å². The summed E-state index contributed by atoms with van der Waals surface area (Å²) in [6, 6.07) is 13.0. The van der Waals surface area contributed by atoms with Crippen molar-refractivity contribution in [3.8, 4) is 11.5 Å². The highest BCUT2D eigenvalue weighted by molar-refractivity contribution is 6.27. The third kappa shape index (κ3) is 2.79. The lowest BCUT2D eigenvalue weighted by molar-refractivity contribution is -0.125. The molecule has 0 aromatic heterocycles. The van der Waals surface area contributed by atoms with Crippen molar-refractivity contribution in [1.29, 1.82) is 0 Å². The molecule has 0 radical (unpaired) electrons. The standard InChI is InChI=1S/C22H20O5/c1-22(2)21(24)15(12-26-22)19-17(25-3)10-9-14-16(23)11-18(27-20(14)19)13-7-5-4-6-8-13/h4-10,12,18H,11H2,1-3H3/t18-/m0/s1. The molecule has 2 aromatic rings. The summed E-state index contributed by atoms with van der Waals surface area (Å²) in [7, 11) is 1.52. The van der Waals surface area contributed by atoms with Crippen molar-refractivity contribution in [3.63, 3.8) is 0 Å². The zero-order chi connectivity index (χ0) is 19.2. The van der Waals surface area contributed by atoms with Crippen LogP contribution < -0.4 is 9.47 Å². The SMILES string of the molecule is COc1ccc2c(c1C1=COC(C)(C)C1=O)O[C@H](c1ccccc1)CC2=O. The van der Waals surface area contributed by atoms with Gasteiger partial charge in [0.25, 0.3) is 0 Å². The summed E-state index contributed by atoms with van der Waals surface area (Å²) in [6.07, 6.45) is 1.26. The van der Waals surface area contributed by atoms with E-state index in [0.717, 1.165) is 5.56 Å². The molecule has 0 amide bonds. The van der Waals surface area contributed by atoms with E-state index in [9.17, 15) is 9.59 Å². The van der Waals surface area contributed by atoms with Crippen LogP contribution in [0.3, 0.4) is 0 Å². The highest BCUT2D eigenvalue weighted by Crippen LogP contribution is 2.46. The number of ether oxygens (including phenoxy) is 3. The average Bonchev–Trinajstić information content (AvgIpc) is 2.94. The monoisotopic (exact) mass is 364 g/mol. The van der Waals surface area contributed by atoms with E-state index >= 15 is 0 Å². The van der Waals surface area contributed by atoms with Gasteiger partial charge >= 0.3 is 0 Å². The highest BCUT2D eigenvalue weighted by atomic mass is 16.5. The molecule has 0 bridgehead atoms. The molecule has 2 aliphatic rings. The van der Waals surface area contributed by atoms with E-state index < -0.39 is 11.7 Å². The molecule has 0 fully saturated rings. The largest absolute Gasteiger partial charge is 0.496 e. The third-order valence-corrected chi connectivity index (χ3v) is 4.97. The van der Waals surface area contributed by atoms with Crippen LogP contribution in [0.25, 0.3) is 5.57 Å². The summed E-state index contributed by atoms with van der Waals surface area (Å²) in [4.78, 5) is 25.6. The molecule has 2 heterocycles. The fourth-order valence-corrected chi connectivity index (χ4v) is 3.46. The van der Waals surface area contributed by atoms with E-state index in [2.05, 4.69) is 0 Å². The minimum atomic E-state index is -0.958. The van der Waals surface area contributed by atoms with Crippen LogP contribution in [-0.2, 0) is 9.53 Å². The van der Waals surface area contributed by atoms with Crippen molar-refractivity contribution in [2.75, 3.05) is 7.11 Å². The topological polar surface area (TPSA) is 61.8 Å². The van der Waals surface area contributed by atoms with Gasteiger partial charge in [0.2, 0.25) is 5.78 Å². The molecule has 138 valence electrons. The van der Waals surface area contributed by atoms with Crippen LogP contribution in [0, 0.1) is 0 Å². The molecule has 0 aliphatic carbocycles. The van der Waals surface area contributed by atoms with Crippen LogP contribution in [0.2, 0.25) is 0 Å². The molecular weight excluding hydrogens is 344 g/mol. The van der Waals surface area contributed by atoms with Crippen molar-refractivity contribution in [1.82, 2.24) is 0 Å². The summed E-state index contributed by atoms with van der Waals surface area (Å²) in [5, 5.41) is 0. The van der Waals surface area contributed by atoms with Crippen LogP contribution in [0.15, 0.2) is 48.7 Å². The van der Waals surface area contributed by atoms with Crippen LogP contribution in [0.4, 0.5) is 0 Å². The molecule has 0 unspecified atom stereocenters. The number of hydrogen-bond acceptors (Lipinski definition) is 5. The smallest absolute Gasteiger partial charge is 0.209 e. The number of carbonyl (C=O) groups is 2. The maximum atomic E-state index is 12.8. The van der Waals surface area contributed by atoms with Gasteiger partial charge in [-0.1, -0.05) is 30.3 Å². The fourth-order valence-electron chi connectivity index (χ4n) is 3.46. The molecular formula is C22H20O5. The average molecular weight is 364 g/mol. The summed E-state index contributed by atoms with van der Waals surface area (Å²) in [5.74, 6) is 0.642. The van der Waals surface area contributed by atoms with Gasteiger partial charge in [0, 0.05) is 0 Å². The summed E-state index contributed by atoms with van der Waals surface area (Å²) < 4.78 is 17.3. The minimum absolute atomic E-state index is 0.0276. The van der Waals surface area contributed by atoms with E-state index in [4.69, 9.17) is 14.2 Å². The van der Waals surface area contributed by atoms with Crippen molar-refractivity contribution in [3.05, 3.63) is 65.4 Å². The Morgan fingerprint density at radius 2 is 1.81 bits per heavy atom. The normalized spacial score (nSPS) is 20.4. The Bertz CT molecular complexity index is 956. The van der Waals surface area contributed by atoms with Gasteiger partial charge in [0.15, 0.2) is 11.4 Å². The lowest BCUT2D eigenvalue weighted by atomic mass is 9.89. The summed E-state index contributed by atoms with van der Waals surface area (Å²) >= 11 is 0. The first kappa shape index (κ1) is 17.3. The van der Waals surface area contributed by atoms with Crippen LogP contribution in [0.1, 0.15) is 47.9 Å². The number of fused-ring (bicyclic) bond motifs is 1. The number of Topliss-reactive ketones (excluding diaryl/α,β-unsaturated/α-hetero) is 2. The Labute approximate surface area is 157 Å².